The first-order chi connectivity index (χ1) is 9.15. The zero-order valence-corrected chi connectivity index (χ0v) is 12.1. The molecule has 1 unspecified atom stereocenters. The summed E-state index contributed by atoms with van der Waals surface area (Å²) in [6.45, 7) is 5.22. The van der Waals surface area contributed by atoms with Crippen molar-refractivity contribution in [2.24, 2.45) is 0 Å². The average Bonchev–Trinajstić information content (AvgIpc) is 3.27. The average molecular weight is 257 g/mol. The zero-order chi connectivity index (χ0) is 13.8. The van der Waals surface area contributed by atoms with Crippen molar-refractivity contribution >= 4 is 5.69 Å². The van der Waals surface area contributed by atoms with Gasteiger partial charge in [-0.25, -0.2) is 0 Å². The number of benzene rings is 1. The first kappa shape index (κ1) is 13.9. The molecule has 0 amide bonds. The van der Waals surface area contributed by atoms with Gasteiger partial charge in [0.15, 0.2) is 0 Å². The van der Waals surface area contributed by atoms with Crippen LogP contribution in [0.5, 0.6) is 0 Å². The summed E-state index contributed by atoms with van der Waals surface area (Å²) in [5.41, 5.74) is 3.01. The fourth-order valence-electron chi connectivity index (χ4n) is 2.15. The molecular weight excluding hydrogens is 234 g/mol. The van der Waals surface area contributed by atoms with E-state index >= 15 is 0 Å². The van der Waals surface area contributed by atoms with Gasteiger partial charge < -0.3 is 10.2 Å². The van der Waals surface area contributed by atoms with Gasteiger partial charge in [0, 0.05) is 25.7 Å². The van der Waals surface area contributed by atoms with Crippen LogP contribution in [0.1, 0.15) is 44.2 Å². The van der Waals surface area contributed by atoms with Gasteiger partial charge in [0.05, 0.1) is 11.3 Å². The summed E-state index contributed by atoms with van der Waals surface area (Å²) in [5, 5.41) is 12.8. The van der Waals surface area contributed by atoms with Gasteiger partial charge in [0.2, 0.25) is 0 Å². The van der Waals surface area contributed by atoms with Crippen LogP contribution in [0, 0.1) is 11.3 Å². The van der Waals surface area contributed by atoms with Crippen molar-refractivity contribution in [2.45, 2.75) is 51.7 Å². The number of rotatable bonds is 6. The highest BCUT2D eigenvalue weighted by atomic mass is 15.1. The lowest BCUT2D eigenvalue weighted by molar-refractivity contribution is 0.662. The Hall–Kier alpha value is -1.53. The fraction of sp³-hybridized carbons (Fsp3) is 0.562. The Morgan fingerprint density at radius 2 is 2.21 bits per heavy atom. The fourth-order valence-corrected chi connectivity index (χ4v) is 2.15. The molecule has 0 spiro atoms. The molecule has 0 aromatic heterocycles. The van der Waals surface area contributed by atoms with Crippen LogP contribution in [-0.2, 0) is 6.54 Å². The Kier molecular flexibility index (Phi) is 4.44. The molecule has 1 aliphatic rings. The molecule has 1 N–H and O–H groups in total. The second-order valence-electron chi connectivity index (χ2n) is 5.49. The standard InChI is InChI=1S/C16H23N3/c1-4-12(2)19(3)16-8-5-13(9-14(16)10-17)11-18-15-6-7-15/h5,8-9,12,15,18H,4,6-7,11H2,1-3H3. The normalized spacial score (nSPS) is 15.9. The second kappa shape index (κ2) is 6.08. The van der Waals surface area contributed by atoms with Crippen molar-refractivity contribution in [3.8, 4) is 6.07 Å². The highest BCUT2D eigenvalue weighted by molar-refractivity contribution is 5.60. The van der Waals surface area contributed by atoms with Gasteiger partial charge in [-0.05, 0) is 43.9 Å². The minimum absolute atomic E-state index is 0.447. The van der Waals surface area contributed by atoms with Crippen LogP contribution < -0.4 is 10.2 Å². The third-order valence-electron chi connectivity index (χ3n) is 3.99. The molecule has 3 heteroatoms. The quantitative estimate of drug-likeness (QED) is 0.851. The summed E-state index contributed by atoms with van der Waals surface area (Å²) < 4.78 is 0. The lowest BCUT2D eigenvalue weighted by Gasteiger charge is -2.27. The van der Waals surface area contributed by atoms with Crippen LogP contribution in [0.25, 0.3) is 0 Å². The summed E-state index contributed by atoms with van der Waals surface area (Å²) in [7, 11) is 2.06. The third-order valence-corrected chi connectivity index (χ3v) is 3.99. The number of hydrogen-bond acceptors (Lipinski definition) is 3. The molecule has 1 saturated carbocycles. The minimum atomic E-state index is 0.447. The molecule has 1 fully saturated rings. The molecule has 102 valence electrons. The summed E-state index contributed by atoms with van der Waals surface area (Å²) in [6, 6.07) is 9.70. The van der Waals surface area contributed by atoms with Crippen molar-refractivity contribution < 1.29 is 0 Å². The molecule has 0 saturated heterocycles. The van der Waals surface area contributed by atoms with Gasteiger partial charge in [0.25, 0.3) is 0 Å². The number of nitrogens with one attached hydrogen (secondary N) is 1. The molecule has 1 aromatic rings. The molecule has 0 radical (unpaired) electrons. The van der Waals surface area contributed by atoms with Crippen molar-refractivity contribution in [1.29, 1.82) is 5.26 Å². The van der Waals surface area contributed by atoms with E-state index in [1.807, 2.05) is 6.07 Å². The van der Waals surface area contributed by atoms with Gasteiger partial charge in [-0.1, -0.05) is 13.0 Å². The second-order valence-corrected chi connectivity index (χ2v) is 5.49. The summed E-state index contributed by atoms with van der Waals surface area (Å²) in [5.74, 6) is 0. The smallest absolute Gasteiger partial charge is 0.101 e. The minimum Gasteiger partial charge on any atom is -0.371 e. The van der Waals surface area contributed by atoms with Gasteiger partial charge in [-0.15, -0.1) is 0 Å². The summed E-state index contributed by atoms with van der Waals surface area (Å²) in [4.78, 5) is 2.19. The van der Waals surface area contributed by atoms with Gasteiger partial charge in [-0.2, -0.15) is 5.26 Å². The first-order valence-electron chi connectivity index (χ1n) is 7.15. The van der Waals surface area contributed by atoms with Crippen molar-refractivity contribution in [3.63, 3.8) is 0 Å². The Labute approximate surface area is 116 Å². The van der Waals surface area contributed by atoms with E-state index in [-0.39, 0.29) is 0 Å². The molecule has 1 atom stereocenters. The predicted octanol–water partition coefficient (Wildman–Crippen LogP) is 3.04. The largest absolute Gasteiger partial charge is 0.371 e. The molecule has 1 aliphatic carbocycles. The lowest BCUT2D eigenvalue weighted by atomic mass is 10.1. The molecule has 0 bridgehead atoms. The number of hydrogen-bond donors (Lipinski definition) is 1. The Morgan fingerprint density at radius 3 is 2.79 bits per heavy atom. The van der Waals surface area contributed by atoms with Crippen LogP contribution in [0.3, 0.4) is 0 Å². The van der Waals surface area contributed by atoms with Gasteiger partial charge in [-0.3, -0.25) is 0 Å². The SMILES string of the molecule is CCC(C)N(C)c1ccc(CNC2CC2)cc1C#N. The lowest BCUT2D eigenvalue weighted by Crippen LogP contribution is -2.28. The van der Waals surface area contributed by atoms with E-state index in [9.17, 15) is 5.26 Å². The van der Waals surface area contributed by atoms with Crippen LogP contribution in [0.4, 0.5) is 5.69 Å². The summed E-state index contributed by atoms with van der Waals surface area (Å²) >= 11 is 0. The van der Waals surface area contributed by atoms with E-state index in [0.717, 1.165) is 24.2 Å². The summed E-state index contributed by atoms with van der Waals surface area (Å²) in [6.07, 6.45) is 3.66. The zero-order valence-electron chi connectivity index (χ0n) is 12.1. The van der Waals surface area contributed by atoms with Crippen molar-refractivity contribution in [3.05, 3.63) is 29.3 Å². The third kappa shape index (κ3) is 3.48. The highest BCUT2D eigenvalue weighted by Crippen LogP contribution is 2.24. The number of anilines is 1. The molecule has 2 rings (SSSR count). The topological polar surface area (TPSA) is 39.1 Å². The van der Waals surface area contributed by atoms with Gasteiger partial charge >= 0.3 is 0 Å². The maximum atomic E-state index is 9.34. The molecule has 3 nitrogen and oxygen atoms in total. The van der Waals surface area contributed by atoms with E-state index in [0.29, 0.717) is 12.1 Å². The predicted molar refractivity (Wildman–Crippen MR) is 79.2 cm³/mol. The van der Waals surface area contributed by atoms with Gasteiger partial charge in [0.1, 0.15) is 6.07 Å². The van der Waals surface area contributed by atoms with E-state index in [2.05, 4.69) is 49.3 Å². The van der Waals surface area contributed by atoms with Crippen LogP contribution in [0.15, 0.2) is 18.2 Å². The Bertz CT molecular complexity index is 471. The van der Waals surface area contributed by atoms with Crippen LogP contribution in [-0.4, -0.2) is 19.1 Å². The van der Waals surface area contributed by atoms with Crippen LogP contribution >= 0.6 is 0 Å². The molecular formula is C16H23N3. The van der Waals surface area contributed by atoms with Crippen LogP contribution in [0.2, 0.25) is 0 Å². The van der Waals surface area contributed by atoms with Crippen molar-refractivity contribution in [1.82, 2.24) is 5.32 Å². The number of nitriles is 1. The molecule has 1 aromatic carbocycles. The van der Waals surface area contributed by atoms with E-state index in [1.54, 1.807) is 0 Å². The monoisotopic (exact) mass is 257 g/mol. The van der Waals surface area contributed by atoms with Crippen molar-refractivity contribution in [2.75, 3.05) is 11.9 Å². The van der Waals surface area contributed by atoms with E-state index < -0.39 is 0 Å². The Morgan fingerprint density at radius 1 is 1.47 bits per heavy atom. The maximum absolute atomic E-state index is 9.34. The van der Waals surface area contributed by atoms with E-state index in [4.69, 9.17) is 0 Å². The Balaban J connectivity index is 2.13. The maximum Gasteiger partial charge on any atom is 0.101 e. The van der Waals surface area contributed by atoms with E-state index in [1.165, 1.54) is 18.4 Å². The molecule has 0 aliphatic heterocycles. The first-order valence-corrected chi connectivity index (χ1v) is 7.15. The number of nitrogens with zero attached hydrogens (tertiary/aromatic N) is 2. The highest BCUT2D eigenvalue weighted by Gasteiger charge is 2.20. The molecule has 19 heavy (non-hydrogen) atoms. The molecule has 0 heterocycles.